The summed E-state index contributed by atoms with van der Waals surface area (Å²) in [5, 5.41) is 1.15. The Labute approximate surface area is 143 Å². The normalized spacial score (nSPS) is 18.5. The van der Waals surface area contributed by atoms with Crippen molar-refractivity contribution in [1.82, 2.24) is 14.9 Å². The number of carbonyl (C=O) groups is 1. The Morgan fingerprint density at radius 3 is 3.08 bits per heavy atom. The lowest BCUT2D eigenvalue weighted by Gasteiger charge is -2.20. The second kappa shape index (κ2) is 8.20. The van der Waals surface area contributed by atoms with Gasteiger partial charge < -0.3 is 9.64 Å². The summed E-state index contributed by atoms with van der Waals surface area (Å²) < 4.78 is 5.02. The van der Waals surface area contributed by atoms with Crippen molar-refractivity contribution < 1.29 is 9.53 Å². The second-order valence-corrected chi connectivity index (χ2v) is 6.49. The van der Waals surface area contributed by atoms with Gasteiger partial charge >= 0.3 is 0 Å². The lowest BCUT2D eigenvalue weighted by Crippen LogP contribution is -2.32. The molecule has 1 saturated heterocycles. The number of methoxy groups -OCH3 is 1. The fourth-order valence-corrected chi connectivity index (χ4v) is 3.50. The molecule has 1 aliphatic heterocycles. The molecule has 5 nitrogen and oxygen atoms in total. The number of likely N-dealkylation sites (tertiary alicyclic amines) is 1. The van der Waals surface area contributed by atoms with E-state index in [1.54, 1.807) is 13.3 Å². The highest BCUT2D eigenvalue weighted by Crippen LogP contribution is 2.25. The summed E-state index contributed by atoms with van der Waals surface area (Å²) in [4.78, 5) is 22.8. The Bertz CT molecular complexity index is 684. The topological polar surface area (TPSA) is 55.3 Å². The molecule has 1 aliphatic rings. The molecule has 24 heavy (non-hydrogen) atoms. The zero-order valence-electron chi connectivity index (χ0n) is 14.3. The number of nitrogens with zero attached hydrogens (tertiary/aromatic N) is 3. The maximum absolute atomic E-state index is 12.2. The van der Waals surface area contributed by atoms with E-state index in [4.69, 9.17) is 4.74 Å². The fraction of sp³-hybridized carbons (Fsp3) is 0.526. The van der Waals surface area contributed by atoms with E-state index in [1.165, 1.54) is 5.56 Å². The number of aromatic nitrogens is 2. The highest BCUT2D eigenvalue weighted by Gasteiger charge is 2.21. The van der Waals surface area contributed by atoms with Crippen LogP contribution in [0.25, 0.3) is 10.9 Å². The van der Waals surface area contributed by atoms with E-state index in [9.17, 15) is 4.79 Å². The first-order valence-electron chi connectivity index (χ1n) is 8.72. The van der Waals surface area contributed by atoms with Gasteiger partial charge in [-0.1, -0.05) is 0 Å². The van der Waals surface area contributed by atoms with Crippen LogP contribution in [0, 0.1) is 5.92 Å². The monoisotopic (exact) mass is 327 g/mol. The molecule has 5 heteroatoms. The Kier molecular flexibility index (Phi) is 5.75. The van der Waals surface area contributed by atoms with E-state index in [0.29, 0.717) is 18.9 Å². The SMILES string of the molecule is COCCC(=O)N1CCC[C@@H](Cc2ccnc3ccncc23)CC1. The molecule has 0 aromatic carbocycles. The van der Waals surface area contributed by atoms with Crippen LogP contribution in [0.5, 0.6) is 0 Å². The molecule has 3 rings (SSSR count). The number of fused-ring (bicyclic) bond motifs is 1. The van der Waals surface area contributed by atoms with Gasteiger partial charge in [0.05, 0.1) is 18.5 Å². The average Bonchev–Trinajstić information content (AvgIpc) is 2.86. The second-order valence-electron chi connectivity index (χ2n) is 6.49. The van der Waals surface area contributed by atoms with Crippen LogP contribution < -0.4 is 0 Å². The molecule has 2 aromatic rings. The van der Waals surface area contributed by atoms with Gasteiger partial charge in [0.2, 0.25) is 5.91 Å². The van der Waals surface area contributed by atoms with Gasteiger partial charge in [0.25, 0.3) is 0 Å². The van der Waals surface area contributed by atoms with Crippen LogP contribution in [-0.4, -0.2) is 47.6 Å². The van der Waals surface area contributed by atoms with Gasteiger partial charge in [-0.15, -0.1) is 0 Å². The lowest BCUT2D eigenvalue weighted by atomic mass is 9.92. The standard InChI is InChI=1S/C19H25N3O2/c1-24-12-7-19(23)22-10-2-3-15(6-11-22)13-16-4-9-21-18-5-8-20-14-17(16)18/h4-5,8-9,14-15H,2-3,6-7,10-13H2,1H3/t15-/m1/s1. The summed E-state index contributed by atoms with van der Waals surface area (Å²) in [7, 11) is 1.64. The van der Waals surface area contributed by atoms with E-state index >= 15 is 0 Å². The molecule has 1 amide bonds. The molecule has 0 unspecified atom stereocenters. The van der Waals surface area contributed by atoms with E-state index in [-0.39, 0.29) is 5.91 Å². The predicted octanol–water partition coefficient (Wildman–Crippen LogP) is 2.84. The van der Waals surface area contributed by atoms with Crippen molar-refractivity contribution in [3.05, 3.63) is 36.3 Å². The van der Waals surface area contributed by atoms with Crippen LogP contribution in [-0.2, 0) is 16.0 Å². The average molecular weight is 327 g/mol. The molecule has 0 saturated carbocycles. The van der Waals surface area contributed by atoms with Gasteiger partial charge in [-0.25, -0.2) is 0 Å². The molecule has 1 fully saturated rings. The molecule has 0 radical (unpaired) electrons. The van der Waals surface area contributed by atoms with Gasteiger partial charge in [-0.05, 0) is 49.3 Å². The summed E-state index contributed by atoms with van der Waals surface area (Å²) in [6.45, 7) is 2.24. The number of ether oxygens (including phenoxy) is 1. The van der Waals surface area contributed by atoms with Crippen molar-refractivity contribution in [3.63, 3.8) is 0 Å². The van der Waals surface area contributed by atoms with Crippen LogP contribution in [0.1, 0.15) is 31.2 Å². The molecule has 3 heterocycles. The Hall–Kier alpha value is -2.01. The number of amides is 1. The Morgan fingerprint density at radius 1 is 1.29 bits per heavy atom. The molecular weight excluding hydrogens is 302 g/mol. The third kappa shape index (κ3) is 4.09. The molecule has 0 N–H and O–H groups in total. The lowest BCUT2D eigenvalue weighted by molar-refractivity contribution is -0.132. The minimum Gasteiger partial charge on any atom is -0.384 e. The van der Waals surface area contributed by atoms with E-state index in [0.717, 1.165) is 49.7 Å². The minimum atomic E-state index is 0.219. The third-order valence-corrected chi connectivity index (χ3v) is 4.86. The van der Waals surface area contributed by atoms with Crippen molar-refractivity contribution >= 4 is 16.8 Å². The largest absolute Gasteiger partial charge is 0.384 e. The molecule has 0 spiro atoms. The van der Waals surface area contributed by atoms with E-state index in [1.807, 2.05) is 23.4 Å². The number of rotatable bonds is 5. The molecule has 2 aromatic heterocycles. The van der Waals surface area contributed by atoms with Crippen molar-refractivity contribution in [3.8, 4) is 0 Å². The van der Waals surface area contributed by atoms with Crippen LogP contribution in [0.3, 0.4) is 0 Å². The number of hydrogen-bond donors (Lipinski definition) is 0. The van der Waals surface area contributed by atoms with Crippen LogP contribution in [0.15, 0.2) is 30.7 Å². The fourth-order valence-electron chi connectivity index (χ4n) is 3.50. The first kappa shape index (κ1) is 16.8. The van der Waals surface area contributed by atoms with Crippen molar-refractivity contribution in [2.45, 2.75) is 32.1 Å². The molecule has 0 aliphatic carbocycles. The van der Waals surface area contributed by atoms with Gasteiger partial charge in [-0.2, -0.15) is 0 Å². The van der Waals surface area contributed by atoms with Gasteiger partial charge in [0, 0.05) is 44.2 Å². The van der Waals surface area contributed by atoms with Crippen molar-refractivity contribution in [2.24, 2.45) is 5.92 Å². The quantitative estimate of drug-likeness (QED) is 0.847. The number of carbonyl (C=O) groups excluding carboxylic acids is 1. The van der Waals surface area contributed by atoms with E-state index < -0.39 is 0 Å². The van der Waals surface area contributed by atoms with Crippen molar-refractivity contribution in [2.75, 3.05) is 26.8 Å². The Morgan fingerprint density at radius 2 is 2.21 bits per heavy atom. The predicted molar refractivity (Wildman–Crippen MR) is 93.7 cm³/mol. The molecule has 0 bridgehead atoms. The van der Waals surface area contributed by atoms with E-state index in [2.05, 4.69) is 16.0 Å². The maximum Gasteiger partial charge on any atom is 0.224 e. The first-order valence-corrected chi connectivity index (χ1v) is 8.72. The third-order valence-electron chi connectivity index (χ3n) is 4.86. The number of hydrogen-bond acceptors (Lipinski definition) is 4. The molecular formula is C19H25N3O2. The molecule has 128 valence electrons. The smallest absolute Gasteiger partial charge is 0.224 e. The number of pyridine rings is 2. The van der Waals surface area contributed by atoms with Gasteiger partial charge in [0.15, 0.2) is 0 Å². The first-order chi connectivity index (χ1) is 11.8. The summed E-state index contributed by atoms with van der Waals surface area (Å²) in [5.74, 6) is 0.826. The summed E-state index contributed by atoms with van der Waals surface area (Å²) in [5.41, 5.74) is 2.32. The highest BCUT2D eigenvalue weighted by molar-refractivity contribution is 5.80. The molecule has 1 atom stereocenters. The van der Waals surface area contributed by atoms with Gasteiger partial charge in [0.1, 0.15) is 0 Å². The van der Waals surface area contributed by atoms with Gasteiger partial charge in [-0.3, -0.25) is 14.8 Å². The summed E-state index contributed by atoms with van der Waals surface area (Å²) in [6.07, 6.45) is 10.4. The highest BCUT2D eigenvalue weighted by atomic mass is 16.5. The maximum atomic E-state index is 12.2. The van der Waals surface area contributed by atoms with Crippen LogP contribution >= 0.6 is 0 Å². The minimum absolute atomic E-state index is 0.219. The Balaban J connectivity index is 1.63. The van der Waals surface area contributed by atoms with Crippen molar-refractivity contribution in [1.29, 1.82) is 0 Å². The summed E-state index contributed by atoms with van der Waals surface area (Å²) >= 11 is 0. The zero-order valence-corrected chi connectivity index (χ0v) is 14.3. The summed E-state index contributed by atoms with van der Waals surface area (Å²) in [6, 6.07) is 4.07. The van der Waals surface area contributed by atoms with Crippen LogP contribution in [0.4, 0.5) is 0 Å². The zero-order chi connectivity index (χ0) is 16.8. The van der Waals surface area contributed by atoms with Crippen LogP contribution in [0.2, 0.25) is 0 Å².